The highest BCUT2D eigenvalue weighted by molar-refractivity contribution is 8.18. The van der Waals surface area contributed by atoms with E-state index in [1.165, 1.54) is 0 Å². The summed E-state index contributed by atoms with van der Waals surface area (Å²) in [5.74, 6) is 0.0562. The number of imide groups is 1. The van der Waals surface area contributed by atoms with Gasteiger partial charge in [0.15, 0.2) is 11.5 Å². The molecule has 0 spiro atoms. The lowest BCUT2D eigenvalue weighted by atomic mass is 10.1. The number of hydrogen-bond acceptors (Lipinski definition) is 6. The zero-order valence-electron chi connectivity index (χ0n) is 20.1. The van der Waals surface area contributed by atoms with Gasteiger partial charge in [-0.1, -0.05) is 47.5 Å². The third-order valence-electron chi connectivity index (χ3n) is 6.33. The number of amides is 3. The van der Waals surface area contributed by atoms with Crippen LogP contribution in [0, 0.1) is 0 Å². The number of para-hydroxylation sites is 1. The van der Waals surface area contributed by atoms with Gasteiger partial charge in [-0.05, 0) is 48.2 Å². The van der Waals surface area contributed by atoms with Crippen molar-refractivity contribution in [3.63, 3.8) is 0 Å². The number of hydrogen-bond donors (Lipinski definition) is 1. The zero-order valence-corrected chi connectivity index (χ0v) is 22.5. The number of benzene rings is 3. The van der Waals surface area contributed by atoms with E-state index in [2.05, 4.69) is 5.32 Å². The van der Waals surface area contributed by atoms with Crippen LogP contribution in [-0.4, -0.2) is 39.9 Å². The summed E-state index contributed by atoms with van der Waals surface area (Å²) in [7, 11) is 0. The van der Waals surface area contributed by atoms with Crippen LogP contribution in [0.4, 0.5) is 10.5 Å². The van der Waals surface area contributed by atoms with Crippen molar-refractivity contribution in [1.29, 1.82) is 0 Å². The maximum atomic E-state index is 13.1. The molecule has 8 nitrogen and oxygen atoms in total. The smallest absolute Gasteiger partial charge is 0.294 e. The van der Waals surface area contributed by atoms with E-state index in [-0.39, 0.29) is 11.7 Å². The number of rotatable bonds is 6. The first-order chi connectivity index (χ1) is 18.9. The molecule has 1 saturated heterocycles. The minimum atomic E-state index is -0.531. The minimum Gasteiger partial charge on any atom is -0.454 e. The molecular formula is C28H19Cl2N3O5S. The highest BCUT2D eigenvalue weighted by atomic mass is 35.5. The van der Waals surface area contributed by atoms with Gasteiger partial charge < -0.3 is 19.4 Å². The summed E-state index contributed by atoms with van der Waals surface area (Å²) in [6, 6.07) is 18.0. The molecule has 1 fully saturated rings. The van der Waals surface area contributed by atoms with Gasteiger partial charge >= 0.3 is 0 Å². The highest BCUT2D eigenvalue weighted by Gasteiger charge is 2.36. The third kappa shape index (κ3) is 4.96. The molecule has 3 heterocycles. The van der Waals surface area contributed by atoms with Gasteiger partial charge in [-0.25, -0.2) is 0 Å². The molecular weight excluding hydrogens is 561 g/mol. The van der Waals surface area contributed by atoms with Crippen molar-refractivity contribution < 1.29 is 23.9 Å². The number of carbonyl (C=O) groups excluding carboxylic acids is 3. The van der Waals surface area contributed by atoms with Crippen LogP contribution in [0.15, 0.2) is 71.8 Å². The van der Waals surface area contributed by atoms with Crippen molar-refractivity contribution in [2.75, 3.05) is 18.7 Å². The fourth-order valence-electron chi connectivity index (χ4n) is 4.47. The van der Waals surface area contributed by atoms with Crippen LogP contribution in [0.1, 0.15) is 11.1 Å². The van der Waals surface area contributed by atoms with Crippen LogP contribution in [0.25, 0.3) is 17.0 Å². The molecule has 0 atom stereocenters. The monoisotopic (exact) mass is 579 g/mol. The van der Waals surface area contributed by atoms with Crippen molar-refractivity contribution >= 4 is 74.7 Å². The van der Waals surface area contributed by atoms with Crippen LogP contribution in [0.5, 0.6) is 11.5 Å². The van der Waals surface area contributed by atoms with E-state index < -0.39 is 23.6 Å². The van der Waals surface area contributed by atoms with E-state index in [1.807, 2.05) is 35.0 Å². The molecule has 2 aliphatic heterocycles. The number of halogens is 2. The summed E-state index contributed by atoms with van der Waals surface area (Å²) >= 11 is 13.6. The second kappa shape index (κ2) is 10.3. The first-order valence-electron chi connectivity index (χ1n) is 11.8. The molecule has 2 aliphatic rings. The molecule has 39 heavy (non-hydrogen) atoms. The quantitative estimate of drug-likeness (QED) is 0.266. The van der Waals surface area contributed by atoms with E-state index in [0.29, 0.717) is 33.8 Å². The summed E-state index contributed by atoms with van der Waals surface area (Å²) in [6.45, 7) is 0.125. The molecule has 1 N–H and O–H groups in total. The number of thioether (sulfide) groups is 1. The molecule has 0 aliphatic carbocycles. The number of aromatic nitrogens is 1. The van der Waals surface area contributed by atoms with Gasteiger partial charge in [-0.3, -0.25) is 19.3 Å². The standard InChI is InChI=1S/C28H19Cl2N3O5S/c29-20-5-3-6-21(30)19(20)13-32-12-16(18-4-1-2-7-22(18)32)10-25-27(35)33(28(36)39-25)14-26(34)31-17-8-9-23-24(11-17)38-15-37-23/h1-12H,13-15H2,(H,31,34)/b25-10-. The minimum absolute atomic E-state index is 0.113. The predicted molar refractivity (Wildman–Crippen MR) is 151 cm³/mol. The van der Waals surface area contributed by atoms with E-state index in [9.17, 15) is 14.4 Å². The number of nitrogens with zero attached hydrogens (tertiary/aromatic N) is 2. The van der Waals surface area contributed by atoms with Crippen molar-refractivity contribution in [3.05, 3.63) is 92.9 Å². The van der Waals surface area contributed by atoms with Crippen molar-refractivity contribution in [2.24, 2.45) is 0 Å². The first kappa shape index (κ1) is 25.4. The Hall–Kier alpha value is -3.92. The van der Waals surface area contributed by atoms with Gasteiger partial charge in [0.2, 0.25) is 12.7 Å². The molecule has 1 aromatic heterocycles. The van der Waals surface area contributed by atoms with Gasteiger partial charge in [0.05, 0.1) is 11.4 Å². The summed E-state index contributed by atoms with van der Waals surface area (Å²) < 4.78 is 12.6. The zero-order chi connectivity index (χ0) is 27.1. The van der Waals surface area contributed by atoms with E-state index >= 15 is 0 Å². The lowest BCUT2D eigenvalue weighted by molar-refractivity contribution is -0.127. The predicted octanol–water partition coefficient (Wildman–Crippen LogP) is 6.40. The number of anilines is 1. The van der Waals surface area contributed by atoms with E-state index in [0.717, 1.165) is 38.7 Å². The van der Waals surface area contributed by atoms with Crippen molar-refractivity contribution in [1.82, 2.24) is 9.47 Å². The van der Waals surface area contributed by atoms with Crippen LogP contribution in [0.3, 0.4) is 0 Å². The Kier molecular flexibility index (Phi) is 6.72. The fourth-order valence-corrected chi connectivity index (χ4v) is 5.82. The lowest BCUT2D eigenvalue weighted by Gasteiger charge is -2.12. The normalized spacial score (nSPS) is 15.5. The topological polar surface area (TPSA) is 89.9 Å². The summed E-state index contributed by atoms with van der Waals surface area (Å²) in [6.07, 6.45) is 3.57. The van der Waals surface area contributed by atoms with Gasteiger partial charge in [0, 0.05) is 50.0 Å². The number of nitrogens with one attached hydrogen (secondary N) is 1. The number of fused-ring (bicyclic) bond motifs is 2. The Balaban J connectivity index is 1.22. The lowest BCUT2D eigenvalue weighted by Crippen LogP contribution is -2.36. The first-order valence-corrected chi connectivity index (χ1v) is 13.4. The van der Waals surface area contributed by atoms with Gasteiger partial charge in [0.1, 0.15) is 6.54 Å². The summed E-state index contributed by atoms with van der Waals surface area (Å²) in [5.41, 5.74) is 2.92. The Morgan fingerprint density at radius 3 is 2.59 bits per heavy atom. The summed E-state index contributed by atoms with van der Waals surface area (Å²) in [5, 5.41) is 4.19. The Morgan fingerprint density at radius 2 is 1.77 bits per heavy atom. The number of carbonyl (C=O) groups is 3. The Morgan fingerprint density at radius 1 is 1.00 bits per heavy atom. The SMILES string of the molecule is O=C(CN1C(=O)S/C(=C\c2cn(Cc3c(Cl)cccc3Cl)c3ccccc23)C1=O)Nc1ccc2c(c1)OCO2. The molecule has 11 heteroatoms. The maximum Gasteiger partial charge on any atom is 0.294 e. The van der Waals surface area contributed by atoms with E-state index in [1.54, 1.807) is 42.5 Å². The average molecular weight is 580 g/mol. The van der Waals surface area contributed by atoms with Crippen LogP contribution in [-0.2, 0) is 16.1 Å². The largest absolute Gasteiger partial charge is 0.454 e. The second-order valence-electron chi connectivity index (χ2n) is 8.81. The second-order valence-corrected chi connectivity index (χ2v) is 10.6. The average Bonchev–Trinajstić information content (AvgIpc) is 3.59. The molecule has 0 radical (unpaired) electrons. The third-order valence-corrected chi connectivity index (χ3v) is 7.94. The Bertz CT molecular complexity index is 1680. The van der Waals surface area contributed by atoms with E-state index in [4.69, 9.17) is 32.7 Å². The molecule has 0 unspecified atom stereocenters. The van der Waals surface area contributed by atoms with Crippen LogP contribution >= 0.6 is 35.0 Å². The van der Waals surface area contributed by atoms with Gasteiger partial charge in [-0.15, -0.1) is 0 Å². The van der Waals surface area contributed by atoms with Crippen molar-refractivity contribution in [3.8, 4) is 11.5 Å². The maximum absolute atomic E-state index is 13.1. The molecule has 0 bridgehead atoms. The van der Waals surface area contributed by atoms with Gasteiger partial charge in [-0.2, -0.15) is 0 Å². The van der Waals surface area contributed by atoms with Gasteiger partial charge in [0.25, 0.3) is 11.1 Å². The molecule has 6 rings (SSSR count). The fraction of sp³-hybridized carbons (Fsp3) is 0.107. The van der Waals surface area contributed by atoms with Crippen LogP contribution < -0.4 is 14.8 Å². The summed E-state index contributed by atoms with van der Waals surface area (Å²) in [4.78, 5) is 39.6. The molecule has 0 saturated carbocycles. The molecule has 3 amide bonds. The molecule has 196 valence electrons. The van der Waals surface area contributed by atoms with Crippen molar-refractivity contribution in [2.45, 2.75) is 6.54 Å². The molecule has 4 aromatic rings. The highest BCUT2D eigenvalue weighted by Crippen LogP contribution is 2.36. The molecule has 3 aromatic carbocycles. The van der Waals surface area contributed by atoms with Crippen LogP contribution in [0.2, 0.25) is 10.0 Å². The Labute approximate surface area is 237 Å². The number of ether oxygens (including phenoxy) is 2.